The van der Waals surface area contributed by atoms with E-state index < -0.39 is 0 Å². The van der Waals surface area contributed by atoms with Gasteiger partial charge in [0.1, 0.15) is 11.6 Å². The molecule has 84 valence electrons. The van der Waals surface area contributed by atoms with E-state index in [9.17, 15) is 4.79 Å². The number of anilines is 3. The van der Waals surface area contributed by atoms with Gasteiger partial charge in [0.25, 0.3) is 0 Å². The second-order valence-corrected chi connectivity index (χ2v) is 3.91. The van der Waals surface area contributed by atoms with Crippen LogP contribution in [0.1, 0.15) is 5.69 Å². The first-order valence-corrected chi connectivity index (χ1v) is 5.32. The van der Waals surface area contributed by atoms with E-state index in [1.54, 1.807) is 11.4 Å². The molecule has 0 radical (unpaired) electrons. The number of thiazole rings is 1. The topological polar surface area (TPSA) is 123 Å². The number of nitrogens with zero attached hydrogens (tertiary/aromatic N) is 2. The van der Waals surface area contributed by atoms with Gasteiger partial charge in [0.2, 0.25) is 5.95 Å². The van der Waals surface area contributed by atoms with E-state index >= 15 is 0 Å². The van der Waals surface area contributed by atoms with Gasteiger partial charge in [0, 0.05) is 17.1 Å². The molecule has 0 amide bonds. The van der Waals surface area contributed by atoms with E-state index in [2.05, 4.69) is 20.3 Å². The third-order valence-corrected chi connectivity index (χ3v) is 2.51. The van der Waals surface area contributed by atoms with Gasteiger partial charge in [-0.1, -0.05) is 11.3 Å². The number of hydrogen-bond acceptors (Lipinski definition) is 7. The Morgan fingerprint density at radius 3 is 2.88 bits per heavy atom. The molecule has 2 aromatic heterocycles. The van der Waals surface area contributed by atoms with Crippen molar-refractivity contribution in [1.82, 2.24) is 15.0 Å². The maximum Gasteiger partial charge on any atom is 0.304 e. The lowest BCUT2D eigenvalue weighted by Crippen LogP contribution is -2.07. The van der Waals surface area contributed by atoms with Crippen LogP contribution in [-0.2, 0) is 6.54 Å². The van der Waals surface area contributed by atoms with Crippen molar-refractivity contribution >= 4 is 28.9 Å². The summed E-state index contributed by atoms with van der Waals surface area (Å²) < 4.78 is 0. The second kappa shape index (κ2) is 4.19. The fourth-order valence-corrected chi connectivity index (χ4v) is 1.74. The van der Waals surface area contributed by atoms with Crippen molar-refractivity contribution in [2.75, 3.05) is 16.8 Å². The summed E-state index contributed by atoms with van der Waals surface area (Å²) in [7, 11) is 0. The summed E-state index contributed by atoms with van der Waals surface area (Å²) in [6.45, 7) is 0.453. The first-order valence-electron chi connectivity index (χ1n) is 4.44. The summed E-state index contributed by atoms with van der Waals surface area (Å²) >= 11 is 1.11. The Morgan fingerprint density at radius 2 is 2.25 bits per heavy atom. The molecule has 0 aromatic carbocycles. The lowest BCUT2D eigenvalue weighted by Gasteiger charge is -2.04. The Kier molecular flexibility index (Phi) is 2.73. The Labute approximate surface area is 94.5 Å². The van der Waals surface area contributed by atoms with Gasteiger partial charge in [-0.15, -0.1) is 0 Å². The van der Waals surface area contributed by atoms with Crippen molar-refractivity contribution in [2.24, 2.45) is 0 Å². The highest BCUT2D eigenvalue weighted by molar-refractivity contribution is 7.07. The van der Waals surface area contributed by atoms with E-state index in [1.807, 2.05) is 0 Å². The summed E-state index contributed by atoms with van der Waals surface area (Å²) in [6, 6.07) is 1.57. The molecule has 7 nitrogen and oxygen atoms in total. The summed E-state index contributed by atoms with van der Waals surface area (Å²) in [5.41, 5.74) is 11.7. The number of hydrogen-bond donors (Lipinski definition) is 4. The third-order valence-electron chi connectivity index (χ3n) is 1.79. The highest BCUT2D eigenvalue weighted by Gasteiger charge is 2.00. The number of nitrogen functional groups attached to an aromatic ring is 2. The molecule has 0 fully saturated rings. The smallest absolute Gasteiger partial charge is 0.304 e. The minimum atomic E-state index is -0.0847. The predicted molar refractivity (Wildman–Crippen MR) is 63.1 cm³/mol. The van der Waals surface area contributed by atoms with Gasteiger partial charge in [-0.2, -0.15) is 9.97 Å². The molecule has 0 aliphatic rings. The van der Waals surface area contributed by atoms with Crippen LogP contribution < -0.4 is 21.7 Å². The maximum atomic E-state index is 10.9. The second-order valence-electron chi connectivity index (χ2n) is 3.06. The van der Waals surface area contributed by atoms with Crippen molar-refractivity contribution in [3.8, 4) is 0 Å². The molecule has 0 atom stereocenters. The largest absolute Gasteiger partial charge is 0.383 e. The fourth-order valence-electron chi connectivity index (χ4n) is 1.16. The van der Waals surface area contributed by atoms with Gasteiger partial charge in [-0.05, 0) is 0 Å². The normalized spacial score (nSPS) is 10.2. The van der Waals surface area contributed by atoms with Gasteiger partial charge in [0.15, 0.2) is 0 Å². The lowest BCUT2D eigenvalue weighted by atomic mass is 10.4. The standard InChI is InChI=1S/C8H10N6OS/c9-5-1-6(14-7(10)13-5)11-2-4-3-16-8(15)12-4/h1,3H,2H2,(H,12,15)(H5,9,10,11,13,14). The van der Waals surface area contributed by atoms with Crippen molar-refractivity contribution in [3.05, 3.63) is 26.8 Å². The zero-order valence-electron chi connectivity index (χ0n) is 8.23. The van der Waals surface area contributed by atoms with Crippen LogP contribution in [0.25, 0.3) is 0 Å². The number of H-pyrrole nitrogens is 1. The summed E-state index contributed by atoms with van der Waals surface area (Å²) in [5, 5.41) is 4.72. The number of aromatic amines is 1. The Bertz CT molecular complexity index is 527. The Balaban J connectivity index is 2.07. The number of rotatable bonds is 3. The summed E-state index contributed by atoms with van der Waals surface area (Å²) in [6.07, 6.45) is 0. The zero-order chi connectivity index (χ0) is 11.5. The lowest BCUT2D eigenvalue weighted by molar-refractivity contribution is 1.03. The first-order chi connectivity index (χ1) is 7.63. The van der Waals surface area contributed by atoms with Gasteiger partial charge >= 0.3 is 4.87 Å². The third kappa shape index (κ3) is 2.48. The highest BCUT2D eigenvalue weighted by atomic mass is 32.1. The SMILES string of the molecule is Nc1cc(NCc2csc(=O)[nH]2)nc(N)n1. The number of aromatic nitrogens is 3. The highest BCUT2D eigenvalue weighted by Crippen LogP contribution is 2.10. The number of nitrogens with two attached hydrogens (primary N) is 2. The molecule has 0 spiro atoms. The molecule has 0 saturated heterocycles. The zero-order valence-corrected chi connectivity index (χ0v) is 9.04. The van der Waals surface area contributed by atoms with Crippen LogP contribution in [0.5, 0.6) is 0 Å². The predicted octanol–water partition coefficient (Wildman–Crippen LogP) is 0.00290. The van der Waals surface area contributed by atoms with Crippen LogP contribution in [0.3, 0.4) is 0 Å². The van der Waals surface area contributed by atoms with Crippen LogP contribution >= 0.6 is 11.3 Å². The summed E-state index contributed by atoms with van der Waals surface area (Å²) in [4.78, 5) is 21.1. The summed E-state index contributed by atoms with van der Waals surface area (Å²) in [5.74, 6) is 0.937. The molecule has 0 bridgehead atoms. The molecule has 16 heavy (non-hydrogen) atoms. The molecule has 0 saturated carbocycles. The van der Waals surface area contributed by atoms with E-state index in [0.717, 1.165) is 17.0 Å². The molecule has 0 aliphatic heterocycles. The van der Waals surface area contributed by atoms with Crippen LogP contribution in [-0.4, -0.2) is 15.0 Å². The molecule has 2 aromatic rings. The van der Waals surface area contributed by atoms with Gasteiger partial charge in [-0.25, -0.2) is 0 Å². The van der Waals surface area contributed by atoms with E-state index in [0.29, 0.717) is 18.2 Å². The minimum Gasteiger partial charge on any atom is -0.383 e. The quantitative estimate of drug-likeness (QED) is 0.597. The van der Waals surface area contributed by atoms with Crippen LogP contribution in [0.4, 0.5) is 17.6 Å². The van der Waals surface area contributed by atoms with Crippen molar-refractivity contribution < 1.29 is 0 Å². The molecular weight excluding hydrogens is 228 g/mol. The first kappa shape index (κ1) is 10.4. The van der Waals surface area contributed by atoms with Gasteiger partial charge in [-0.3, -0.25) is 4.79 Å². The van der Waals surface area contributed by atoms with Gasteiger partial charge in [0.05, 0.1) is 6.54 Å². The molecule has 0 aliphatic carbocycles. The van der Waals surface area contributed by atoms with Crippen molar-refractivity contribution in [1.29, 1.82) is 0 Å². The average Bonchev–Trinajstić information content (AvgIpc) is 2.60. The molecule has 2 rings (SSSR count). The van der Waals surface area contributed by atoms with E-state index in [-0.39, 0.29) is 10.8 Å². The van der Waals surface area contributed by atoms with E-state index in [1.165, 1.54) is 0 Å². The Hall–Kier alpha value is -2.09. The number of nitrogens with one attached hydrogen (secondary N) is 2. The maximum absolute atomic E-state index is 10.9. The van der Waals surface area contributed by atoms with Crippen LogP contribution in [0.2, 0.25) is 0 Å². The molecule has 6 N–H and O–H groups in total. The fraction of sp³-hybridized carbons (Fsp3) is 0.125. The molecule has 8 heteroatoms. The van der Waals surface area contributed by atoms with Crippen LogP contribution in [0, 0.1) is 0 Å². The Morgan fingerprint density at radius 1 is 1.44 bits per heavy atom. The molecule has 0 unspecified atom stereocenters. The minimum absolute atomic E-state index is 0.0847. The average molecular weight is 238 g/mol. The molecular formula is C8H10N6OS. The van der Waals surface area contributed by atoms with Crippen LogP contribution in [0.15, 0.2) is 16.2 Å². The van der Waals surface area contributed by atoms with E-state index in [4.69, 9.17) is 11.5 Å². The van der Waals surface area contributed by atoms with Crippen molar-refractivity contribution in [3.63, 3.8) is 0 Å². The monoisotopic (exact) mass is 238 g/mol. The van der Waals surface area contributed by atoms with Gasteiger partial charge < -0.3 is 21.8 Å². The molecule has 2 heterocycles. The van der Waals surface area contributed by atoms with Crippen molar-refractivity contribution in [2.45, 2.75) is 6.54 Å².